The van der Waals surface area contributed by atoms with Crippen LogP contribution in [-0.4, -0.2) is 35.4 Å². The maximum absolute atomic E-state index is 11.8. The lowest BCUT2D eigenvalue weighted by molar-refractivity contribution is 0.100. The molecular weight excluding hydrogens is 392 g/mol. The van der Waals surface area contributed by atoms with Crippen molar-refractivity contribution in [2.24, 2.45) is 5.73 Å². The molecule has 9 nitrogen and oxygen atoms in total. The van der Waals surface area contributed by atoms with Gasteiger partial charge in [0, 0.05) is 11.3 Å². The van der Waals surface area contributed by atoms with Gasteiger partial charge in [0.2, 0.25) is 5.91 Å². The summed E-state index contributed by atoms with van der Waals surface area (Å²) in [5.41, 5.74) is 9.55. The van der Waals surface area contributed by atoms with E-state index in [4.69, 9.17) is 10.7 Å². The van der Waals surface area contributed by atoms with Crippen molar-refractivity contribution in [2.45, 2.75) is 6.04 Å². The molecule has 0 fully saturated rings. The Labute approximate surface area is 176 Å². The standard InChI is InChI=1S/C22H18N8O/c1-2-15(28-21-18-20(25-11-24-18)26-12-27-21)22-29-16-9-8-13(19(23)31)10-17(16)30(22)14-6-4-3-5-7-14/h2-12,15H,1H2,(H2,23,31)(H2,24,25,26,27,28). The molecule has 0 spiro atoms. The molecule has 2 aromatic carbocycles. The fourth-order valence-electron chi connectivity index (χ4n) is 3.55. The number of H-pyrrole nitrogens is 1. The van der Waals surface area contributed by atoms with Crippen molar-refractivity contribution in [3.05, 3.63) is 85.2 Å². The van der Waals surface area contributed by atoms with Crippen LogP contribution in [0.4, 0.5) is 5.82 Å². The fraction of sp³-hybridized carbons (Fsp3) is 0.0455. The number of primary amides is 1. The number of aromatic amines is 1. The van der Waals surface area contributed by atoms with Crippen molar-refractivity contribution in [1.82, 2.24) is 29.5 Å². The molecule has 0 saturated heterocycles. The van der Waals surface area contributed by atoms with Crippen LogP contribution in [0.2, 0.25) is 0 Å². The van der Waals surface area contributed by atoms with Gasteiger partial charge in [-0.2, -0.15) is 0 Å². The summed E-state index contributed by atoms with van der Waals surface area (Å²) in [6.45, 7) is 3.99. The summed E-state index contributed by atoms with van der Waals surface area (Å²) in [7, 11) is 0. The first-order valence-corrected chi connectivity index (χ1v) is 9.56. The van der Waals surface area contributed by atoms with Crippen molar-refractivity contribution in [3.8, 4) is 5.69 Å². The van der Waals surface area contributed by atoms with Crippen LogP contribution in [0, 0.1) is 0 Å². The van der Waals surface area contributed by atoms with E-state index in [9.17, 15) is 4.79 Å². The Morgan fingerprint density at radius 3 is 2.77 bits per heavy atom. The van der Waals surface area contributed by atoms with Gasteiger partial charge in [0.15, 0.2) is 11.5 Å². The van der Waals surface area contributed by atoms with Gasteiger partial charge in [-0.05, 0) is 30.3 Å². The number of amides is 1. The summed E-state index contributed by atoms with van der Waals surface area (Å²) in [5.74, 6) is 0.770. The number of fused-ring (bicyclic) bond motifs is 2. The number of hydrogen-bond acceptors (Lipinski definition) is 6. The van der Waals surface area contributed by atoms with Crippen LogP contribution in [0.5, 0.6) is 0 Å². The van der Waals surface area contributed by atoms with E-state index in [1.165, 1.54) is 6.33 Å². The maximum atomic E-state index is 11.8. The average molecular weight is 410 g/mol. The minimum absolute atomic E-state index is 0.397. The number of carbonyl (C=O) groups excluding carboxylic acids is 1. The van der Waals surface area contributed by atoms with Crippen LogP contribution in [0.25, 0.3) is 27.9 Å². The third-order valence-corrected chi connectivity index (χ3v) is 5.01. The normalized spacial score (nSPS) is 12.1. The zero-order valence-electron chi connectivity index (χ0n) is 16.4. The smallest absolute Gasteiger partial charge is 0.248 e. The Bertz CT molecular complexity index is 1420. The summed E-state index contributed by atoms with van der Waals surface area (Å²) in [6, 6.07) is 14.6. The van der Waals surface area contributed by atoms with Crippen LogP contribution < -0.4 is 11.1 Å². The second kappa shape index (κ2) is 7.38. The summed E-state index contributed by atoms with van der Waals surface area (Å²) >= 11 is 0. The zero-order chi connectivity index (χ0) is 21.4. The van der Waals surface area contributed by atoms with Gasteiger partial charge in [0.05, 0.1) is 17.4 Å². The molecule has 1 amide bonds. The molecule has 5 rings (SSSR count). The first-order valence-electron chi connectivity index (χ1n) is 9.56. The molecule has 0 aliphatic carbocycles. The SMILES string of the molecule is C=CC(Nc1ncnc2nc[nH]c12)c1nc2ccc(C(N)=O)cc2n1-c1ccccc1. The Balaban J connectivity index is 1.69. The number of carbonyl (C=O) groups is 1. The van der Waals surface area contributed by atoms with Crippen LogP contribution in [-0.2, 0) is 0 Å². The number of anilines is 1. The van der Waals surface area contributed by atoms with E-state index in [-0.39, 0.29) is 0 Å². The Morgan fingerprint density at radius 1 is 1.16 bits per heavy atom. The van der Waals surface area contributed by atoms with Crippen molar-refractivity contribution in [3.63, 3.8) is 0 Å². The number of benzene rings is 2. The van der Waals surface area contributed by atoms with Gasteiger partial charge in [0.1, 0.15) is 23.7 Å². The molecule has 4 N–H and O–H groups in total. The lowest BCUT2D eigenvalue weighted by atomic mass is 10.2. The molecule has 5 aromatic rings. The third kappa shape index (κ3) is 3.18. The highest BCUT2D eigenvalue weighted by Gasteiger charge is 2.21. The molecule has 9 heteroatoms. The molecule has 152 valence electrons. The van der Waals surface area contributed by atoms with Crippen LogP contribution in [0.1, 0.15) is 22.2 Å². The largest absolute Gasteiger partial charge is 0.366 e. The minimum atomic E-state index is -0.495. The van der Waals surface area contributed by atoms with Crippen molar-refractivity contribution in [1.29, 1.82) is 0 Å². The van der Waals surface area contributed by atoms with E-state index in [1.54, 1.807) is 30.6 Å². The van der Waals surface area contributed by atoms with E-state index in [0.717, 1.165) is 16.7 Å². The number of nitrogens with zero attached hydrogens (tertiary/aromatic N) is 5. The quantitative estimate of drug-likeness (QED) is 0.369. The van der Waals surface area contributed by atoms with Crippen molar-refractivity contribution < 1.29 is 4.79 Å². The molecule has 3 aromatic heterocycles. The third-order valence-electron chi connectivity index (χ3n) is 5.01. The average Bonchev–Trinajstić information content (AvgIpc) is 3.42. The van der Waals surface area contributed by atoms with E-state index in [1.807, 2.05) is 34.9 Å². The first kappa shape index (κ1) is 18.5. The number of imidazole rings is 2. The first-order chi connectivity index (χ1) is 15.2. The summed E-state index contributed by atoms with van der Waals surface area (Å²) in [6.07, 6.45) is 4.77. The Morgan fingerprint density at radius 2 is 2.00 bits per heavy atom. The van der Waals surface area contributed by atoms with Crippen LogP contribution in [0.15, 0.2) is 73.8 Å². The second-order valence-corrected chi connectivity index (χ2v) is 6.89. The van der Waals surface area contributed by atoms with E-state index in [0.29, 0.717) is 28.4 Å². The van der Waals surface area contributed by atoms with Gasteiger partial charge < -0.3 is 16.0 Å². The predicted octanol–water partition coefficient (Wildman–Crippen LogP) is 3.13. The molecular formula is C22H18N8O. The summed E-state index contributed by atoms with van der Waals surface area (Å²) in [5, 5.41) is 3.37. The Kier molecular flexibility index (Phi) is 4.40. The van der Waals surface area contributed by atoms with Crippen LogP contribution in [0.3, 0.4) is 0 Å². The molecule has 0 bridgehead atoms. The predicted molar refractivity (Wildman–Crippen MR) is 118 cm³/mol. The van der Waals surface area contributed by atoms with E-state index < -0.39 is 11.9 Å². The minimum Gasteiger partial charge on any atom is -0.366 e. The molecule has 3 heterocycles. The highest BCUT2D eigenvalue weighted by Crippen LogP contribution is 2.29. The molecule has 0 aliphatic heterocycles. The van der Waals surface area contributed by atoms with Gasteiger partial charge in [-0.1, -0.05) is 24.3 Å². The molecule has 1 unspecified atom stereocenters. The van der Waals surface area contributed by atoms with Gasteiger partial charge in [-0.25, -0.2) is 19.9 Å². The van der Waals surface area contributed by atoms with Crippen LogP contribution >= 0.6 is 0 Å². The highest BCUT2D eigenvalue weighted by molar-refractivity contribution is 5.96. The number of para-hydroxylation sites is 1. The molecule has 0 saturated carbocycles. The number of hydrogen-bond donors (Lipinski definition) is 3. The van der Waals surface area contributed by atoms with Crippen molar-refractivity contribution in [2.75, 3.05) is 5.32 Å². The number of nitrogens with one attached hydrogen (secondary N) is 2. The zero-order valence-corrected chi connectivity index (χ0v) is 16.4. The molecule has 31 heavy (non-hydrogen) atoms. The lowest BCUT2D eigenvalue weighted by Crippen LogP contribution is -2.15. The maximum Gasteiger partial charge on any atom is 0.248 e. The van der Waals surface area contributed by atoms with E-state index >= 15 is 0 Å². The highest BCUT2D eigenvalue weighted by atomic mass is 16.1. The molecule has 0 aliphatic rings. The molecule has 0 radical (unpaired) electrons. The van der Waals surface area contributed by atoms with E-state index in [2.05, 4.69) is 31.8 Å². The van der Waals surface area contributed by atoms with Gasteiger partial charge >= 0.3 is 0 Å². The monoisotopic (exact) mass is 410 g/mol. The number of nitrogens with two attached hydrogens (primary N) is 1. The Hall–Kier alpha value is -4.53. The molecule has 1 atom stereocenters. The second-order valence-electron chi connectivity index (χ2n) is 6.89. The fourth-order valence-corrected chi connectivity index (χ4v) is 3.55. The van der Waals surface area contributed by atoms with Gasteiger partial charge in [0.25, 0.3) is 0 Å². The van der Waals surface area contributed by atoms with Crippen molar-refractivity contribution >= 4 is 33.9 Å². The topological polar surface area (TPSA) is 127 Å². The summed E-state index contributed by atoms with van der Waals surface area (Å²) < 4.78 is 1.98. The van der Waals surface area contributed by atoms with Gasteiger partial charge in [-0.3, -0.25) is 9.36 Å². The lowest BCUT2D eigenvalue weighted by Gasteiger charge is -2.18. The number of aromatic nitrogens is 6. The number of rotatable bonds is 6. The van der Waals surface area contributed by atoms with Gasteiger partial charge in [-0.15, -0.1) is 6.58 Å². The summed E-state index contributed by atoms with van der Waals surface area (Å²) in [4.78, 5) is 32.3.